The van der Waals surface area contributed by atoms with Crippen molar-refractivity contribution in [3.8, 4) is 0 Å². The molecule has 6 heteroatoms. The number of carbonyl (C=O) groups is 1. The summed E-state index contributed by atoms with van der Waals surface area (Å²) in [4.78, 5) is 14.2. The highest BCUT2D eigenvalue weighted by Gasteiger charge is 2.39. The van der Waals surface area contributed by atoms with Crippen LogP contribution in [0.3, 0.4) is 0 Å². The third kappa shape index (κ3) is 3.82. The molecule has 1 aromatic rings. The zero-order valence-electron chi connectivity index (χ0n) is 12.5. The fraction of sp³-hybridized carbons (Fsp3) is 0.562. The quantitative estimate of drug-likeness (QED) is 0.924. The van der Waals surface area contributed by atoms with Gasteiger partial charge in [-0.05, 0) is 24.3 Å². The van der Waals surface area contributed by atoms with Gasteiger partial charge in [0.25, 0.3) is 0 Å². The topological polar surface area (TPSA) is 50.8 Å². The van der Waals surface area contributed by atoms with E-state index < -0.39 is 0 Å². The highest BCUT2D eigenvalue weighted by atomic mass is 19.1. The summed E-state index contributed by atoms with van der Waals surface area (Å²) in [6.07, 6.45) is 2.13. The van der Waals surface area contributed by atoms with E-state index in [0.29, 0.717) is 31.9 Å². The minimum Gasteiger partial charge on any atom is -0.347 e. The minimum atomic E-state index is -0.368. The SMILES string of the molecule is O=C(CCN1CCC2(CC1)OCCO2)Nc1ccc(F)cc1. The Morgan fingerprint density at radius 3 is 2.45 bits per heavy atom. The predicted octanol–water partition coefficient (Wildman–Crippen LogP) is 1.99. The van der Waals surface area contributed by atoms with Crippen LogP contribution in [0.5, 0.6) is 0 Å². The van der Waals surface area contributed by atoms with Gasteiger partial charge < -0.3 is 19.7 Å². The number of nitrogens with zero attached hydrogens (tertiary/aromatic N) is 1. The number of anilines is 1. The van der Waals surface area contributed by atoms with Gasteiger partial charge in [0, 0.05) is 44.6 Å². The van der Waals surface area contributed by atoms with Crippen molar-refractivity contribution in [3.05, 3.63) is 30.1 Å². The predicted molar refractivity (Wildman–Crippen MR) is 80.0 cm³/mol. The van der Waals surface area contributed by atoms with E-state index in [2.05, 4.69) is 10.2 Å². The molecule has 1 N–H and O–H groups in total. The molecule has 1 amide bonds. The molecule has 3 rings (SSSR count). The number of nitrogens with one attached hydrogen (secondary N) is 1. The Hall–Kier alpha value is -1.50. The Labute approximate surface area is 129 Å². The zero-order valence-corrected chi connectivity index (χ0v) is 12.5. The molecule has 0 bridgehead atoms. The van der Waals surface area contributed by atoms with Crippen molar-refractivity contribution in [2.75, 3.05) is 38.2 Å². The second-order valence-electron chi connectivity index (χ2n) is 5.75. The number of likely N-dealkylation sites (tertiary alicyclic amines) is 1. The third-order valence-corrected chi connectivity index (χ3v) is 4.21. The van der Waals surface area contributed by atoms with Gasteiger partial charge in [-0.2, -0.15) is 0 Å². The summed E-state index contributed by atoms with van der Waals surface area (Å²) in [6.45, 7) is 3.83. The molecule has 0 saturated carbocycles. The molecule has 2 saturated heterocycles. The molecule has 0 aliphatic carbocycles. The maximum atomic E-state index is 12.8. The van der Waals surface area contributed by atoms with Crippen LogP contribution in [0.1, 0.15) is 19.3 Å². The zero-order chi connectivity index (χ0) is 15.4. The van der Waals surface area contributed by atoms with Gasteiger partial charge in [0.05, 0.1) is 13.2 Å². The van der Waals surface area contributed by atoms with Crippen LogP contribution in [0.4, 0.5) is 10.1 Å². The van der Waals surface area contributed by atoms with Gasteiger partial charge in [0.15, 0.2) is 5.79 Å². The van der Waals surface area contributed by atoms with Crippen molar-refractivity contribution < 1.29 is 18.7 Å². The Kier molecular flexibility index (Phi) is 4.71. The molecule has 2 heterocycles. The van der Waals surface area contributed by atoms with Crippen molar-refractivity contribution in [2.24, 2.45) is 0 Å². The minimum absolute atomic E-state index is 0.0553. The molecule has 22 heavy (non-hydrogen) atoms. The number of amides is 1. The smallest absolute Gasteiger partial charge is 0.225 e. The number of ether oxygens (including phenoxy) is 2. The fourth-order valence-corrected chi connectivity index (χ4v) is 2.92. The molecule has 2 aliphatic heterocycles. The summed E-state index contributed by atoms with van der Waals surface area (Å²) in [5.41, 5.74) is 0.622. The lowest BCUT2D eigenvalue weighted by Gasteiger charge is -2.37. The second kappa shape index (κ2) is 6.73. The van der Waals surface area contributed by atoms with Crippen molar-refractivity contribution >= 4 is 11.6 Å². The van der Waals surface area contributed by atoms with E-state index in [0.717, 1.165) is 25.9 Å². The maximum Gasteiger partial charge on any atom is 0.225 e. The van der Waals surface area contributed by atoms with E-state index in [9.17, 15) is 9.18 Å². The van der Waals surface area contributed by atoms with Gasteiger partial charge in [-0.3, -0.25) is 4.79 Å². The lowest BCUT2D eigenvalue weighted by Crippen LogP contribution is -2.45. The first-order valence-corrected chi connectivity index (χ1v) is 7.71. The molecule has 0 aromatic heterocycles. The average Bonchev–Trinajstić information content (AvgIpc) is 2.97. The molecule has 120 valence electrons. The molecule has 0 radical (unpaired) electrons. The van der Waals surface area contributed by atoms with Crippen molar-refractivity contribution in [3.63, 3.8) is 0 Å². The molecular weight excluding hydrogens is 287 g/mol. The number of carbonyl (C=O) groups excluding carboxylic acids is 1. The molecule has 0 atom stereocenters. The molecule has 1 spiro atoms. The molecule has 2 fully saturated rings. The Morgan fingerprint density at radius 1 is 1.18 bits per heavy atom. The van der Waals surface area contributed by atoms with Gasteiger partial charge in [-0.25, -0.2) is 4.39 Å². The number of benzene rings is 1. The standard InChI is InChI=1S/C16H21FN2O3/c17-13-1-3-14(4-2-13)18-15(20)5-8-19-9-6-16(7-10-19)21-11-12-22-16/h1-4H,5-12H2,(H,18,20). The Balaban J connectivity index is 1.39. The average molecular weight is 308 g/mol. The van der Waals surface area contributed by atoms with Crippen LogP contribution in [0.15, 0.2) is 24.3 Å². The van der Waals surface area contributed by atoms with Crippen molar-refractivity contribution in [1.82, 2.24) is 4.90 Å². The van der Waals surface area contributed by atoms with Gasteiger partial charge in [-0.1, -0.05) is 0 Å². The van der Waals surface area contributed by atoms with Crippen LogP contribution < -0.4 is 5.32 Å². The van der Waals surface area contributed by atoms with E-state index in [4.69, 9.17) is 9.47 Å². The summed E-state index contributed by atoms with van der Waals surface area (Å²) in [5.74, 6) is -0.732. The van der Waals surface area contributed by atoms with Crippen LogP contribution in [0.2, 0.25) is 0 Å². The van der Waals surface area contributed by atoms with Gasteiger partial charge in [0.1, 0.15) is 5.82 Å². The van der Waals surface area contributed by atoms with Gasteiger partial charge in [-0.15, -0.1) is 0 Å². The molecule has 0 unspecified atom stereocenters. The number of piperidine rings is 1. The second-order valence-corrected chi connectivity index (χ2v) is 5.75. The highest BCUT2D eigenvalue weighted by molar-refractivity contribution is 5.90. The Morgan fingerprint density at radius 2 is 1.82 bits per heavy atom. The normalized spacial score (nSPS) is 21.1. The van der Waals surface area contributed by atoms with E-state index in [1.165, 1.54) is 12.1 Å². The van der Waals surface area contributed by atoms with Gasteiger partial charge >= 0.3 is 0 Å². The fourth-order valence-electron chi connectivity index (χ4n) is 2.92. The third-order valence-electron chi connectivity index (χ3n) is 4.21. The van der Waals surface area contributed by atoms with E-state index in [-0.39, 0.29) is 17.5 Å². The number of hydrogen-bond donors (Lipinski definition) is 1. The van der Waals surface area contributed by atoms with Crippen LogP contribution in [-0.4, -0.2) is 49.4 Å². The number of hydrogen-bond acceptors (Lipinski definition) is 4. The monoisotopic (exact) mass is 308 g/mol. The first-order valence-electron chi connectivity index (χ1n) is 7.71. The van der Waals surface area contributed by atoms with Crippen LogP contribution in [-0.2, 0) is 14.3 Å². The summed E-state index contributed by atoms with van der Waals surface area (Å²) >= 11 is 0. The van der Waals surface area contributed by atoms with Crippen LogP contribution >= 0.6 is 0 Å². The van der Waals surface area contributed by atoms with Crippen molar-refractivity contribution in [1.29, 1.82) is 0 Å². The maximum absolute atomic E-state index is 12.8. The molecule has 2 aliphatic rings. The first kappa shape index (κ1) is 15.4. The Bertz CT molecular complexity index is 505. The highest BCUT2D eigenvalue weighted by Crippen LogP contribution is 2.31. The van der Waals surface area contributed by atoms with Crippen molar-refractivity contribution in [2.45, 2.75) is 25.0 Å². The summed E-state index contributed by atoms with van der Waals surface area (Å²) in [6, 6.07) is 5.79. The lowest BCUT2D eigenvalue weighted by molar-refractivity contribution is -0.185. The van der Waals surface area contributed by atoms with E-state index in [1.807, 2.05) is 0 Å². The summed E-state index contributed by atoms with van der Waals surface area (Å²) in [5, 5.41) is 2.78. The first-order chi connectivity index (χ1) is 10.7. The largest absolute Gasteiger partial charge is 0.347 e. The lowest BCUT2D eigenvalue weighted by atomic mass is 10.0. The molecule has 5 nitrogen and oxygen atoms in total. The van der Waals surface area contributed by atoms with E-state index >= 15 is 0 Å². The number of halogens is 1. The van der Waals surface area contributed by atoms with E-state index in [1.54, 1.807) is 12.1 Å². The number of rotatable bonds is 4. The van der Waals surface area contributed by atoms with Gasteiger partial charge in [0.2, 0.25) is 5.91 Å². The van der Waals surface area contributed by atoms with Crippen LogP contribution in [0.25, 0.3) is 0 Å². The summed E-state index contributed by atoms with van der Waals surface area (Å²) < 4.78 is 24.2. The summed E-state index contributed by atoms with van der Waals surface area (Å²) in [7, 11) is 0. The molecular formula is C16H21FN2O3. The molecule has 1 aromatic carbocycles. The van der Waals surface area contributed by atoms with Crippen LogP contribution in [0, 0.1) is 5.82 Å².